The van der Waals surface area contributed by atoms with Crippen LogP contribution in [0.4, 0.5) is 10.5 Å². The molecule has 0 spiro atoms. The zero-order chi connectivity index (χ0) is 21.5. The molecule has 0 radical (unpaired) electrons. The summed E-state index contributed by atoms with van der Waals surface area (Å²) in [5.41, 5.74) is 4.38. The molecule has 1 fully saturated rings. The van der Waals surface area contributed by atoms with Crippen LogP contribution in [0.2, 0.25) is 0 Å². The summed E-state index contributed by atoms with van der Waals surface area (Å²) in [5.74, 6) is 0.0754. The quantitative estimate of drug-likeness (QED) is 0.290. The molecule has 3 rings (SSSR count). The number of carbonyl (C=O) groups is 3. The summed E-state index contributed by atoms with van der Waals surface area (Å²) in [7, 11) is 1.53. The number of nitrogens with one attached hydrogen (secondary N) is 1. The molecule has 0 unspecified atom stereocenters. The lowest BCUT2D eigenvalue weighted by molar-refractivity contribution is -0.149. The summed E-state index contributed by atoms with van der Waals surface area (Å²) in [6.07, 6.45) is 2.20. The minimum absolute atomic E-state index is 0.227. The summed E-state index contributed by atoms with van der Waals surface area (Å²) in [6, 6.07) is 10.2. The van der Waals surface area contributed by atoms with Crippen LogP contribution < -0.4 is 5.48 Å². The monoisotopic (exact) mass is 414 g/mol. The fourth-order valence-electron chi connectivity index (χ4n) is 2.68. The lowest BCUT2D eigenvalue weighted by Crippen LogP contribution is -2.34. The Morgan fingerprint density at radius 1 is 1.23 bits per heavy atom. The number of anilines is 1. The van der Waals surface area contributed by atoms with E-state index in [0.717, 1.165) is 21.2 Å². The molecule has 10 heteroatoms. The summed E-state index contributed by atoms with van der Waals surface area (Å²) in [5, 5.41) is 5.01. The normalized spacial score (nSPS) is 14.1. The highest BCUT2D eigenvalue weighted by Crippen LogP contribution is 2.23. The van der Waals surface area contributed by atoms with Crippen LogP contribution in [0.1, 0.15) is 25.5 Å². The van der Waals surface area contributed by atoms with E-state index in [1.54, 1.807) is 12.1 Å². The molecular weight excluding hydrogens is 392 g/mol. The minimum Gasteiger partial charge on any atom is -0.455 e. The minimum atomic E-state index is -0.659. The Bertz CT molecular complexity index is 937. The summed E-state index contributed by atoms with van der Waals surface area (Å²) in [4.78, 5) is 41.4. The van der Waals surface area contributed by atoms with E-state index >= 15 is 0 Å². The highest BCUT2D eigenvalue weighted by atomic mass is 16.6. The highest BCUT2D eigenvalue weighted by Gasteiger charge is 2.36. The Morgan fingerprint density at radius 2 is 2.00 bits per heavy atom. The van der Waals surface area contributed by atoms with Crippen molar-refractivity contribution < 1.29 is 28.4 Å². The predicted octanol–water partition coefficient (Wildman–Crippen LogP) is 2.82. The van der Waals surface area contributed by atoms with Crippen molar-refractivity contribution in [3.63, 3.8) is 0 Å². The Balaban J connectivity index is 1.60. The number of esters is 1. The van der Waals surface area contributed by atoms with Crippen LogP contribution in [-0.4, -0.2) is 54.4 Å². The molecule has 2 aromatic rings. The Labute approximate surface area is 173 Å². The summed E-state index contributed by atoms with van der Waals surface area (Å²) < 4.78 is 10.6. The molecule has 1 saturated heterocycles. The maximum atomic E-state index is 12.3. The molecule has 1 aliphatic rings. The molecule has 1 aromatic carbocycles. The van der Waals surface area contributed by atoms with Crippen molar-refractivity contribution >= 4 is 29.8 Å². The van der Waals surface area contributed by atoms with Crippen LogP contribution in [-0.2, 0) is 19.2 Å². The van der Waals surface area contributed by atoms with Gasteiger partial charge in [0.15, 0.2) is 6.73 Å². The number of benzene rings is 1. The molecule has 1 aliphatic heterocycles. The largest absolute Gasteiger partial charge is 0.455 e. The van der Waals surface area contributed by atoms with Crippen molar-refractivity contribution in [2.45, 2.75) is 19.8 Å². The fraction of sp³-hybridized carbons (Fsp3) is 0.300. The van der Waals surface area contributed by atoms with Crippen LogP contribution >= 0.6 is 0 Å². The SMILES string of the molecule is CCCC(=O)OCN1C(=O)CN(/N=C/c2ccc(-c3ccc(NOC)cc3)o2)C1=O. The molecule has 3 amide bonds. The Hall–Kier alpha value is -3.66. The third kappa shape index (κ3) is 5.03. The molecule has 0 saturated carbocycles. The first-order valence-electron chi connectivity index (χ1n) is 9.32. The van der Waals surface area contributed by atoms with Gasteiger partial charge in [0.05, 0.1) is 19.0 Å². The lowest BCUT2D eigenvalue weighted by atomic mass is 10.1. The average Bonchev–Trinajstić information content (AvgIpc) is 3.31. The number of imide groups is 1. The van der Waals surface area contributed by atoms with Gasteiger partial charge < -0.3 is 9.15 Å². The molecule has 1 N–H and O–H groups in total. The number of furan rings is 1. The number of hydrogen-bond donors (Lipinski definition) is 1. The number of rotatable bonds is 9. The van der Waals surface area contributed by atoms with Gasteiger partial charge in [0, 0.05) is 12.0 Å². The molecule has 1 aromatic heterocycles. The van der Waals surface area contributed by atoms with Crippen LogP contribution in [0.5, 0.6) is 0 Å². The van der Waals surface area contributed by atoms with E-state index in [1.807, 2.05) is 31.2 Å². The van der Waals surface area contributed by atoms with Gasteiger partial charge in [-0.05, 0) is 42.8 Å². The summed E-state index contributed by atoms with van der Waals surface area (Å²) >= 11 is 0. The van der Waals surface area contributed by atoms with E-state index in [0.29, 0.717) is 17.9 Å². The topological polar surface area (TPSA) is 114 Å². The maximum absolute atomic E-state index is 12.3. The Morgan fingerprint density at radius 3 is 2.70 bits per heavy atom. The summed E-state index contributed by atoms with van der Waals surface area (Å²) in [6.45, 7) is 1.18. The second kappa shape index (κ2) is 9.70. The number of nitrogens with zero attached hydrogens (tertiary/aromatic N) is 3. The van der Waals surface area contributed by atoms with Crippen molar-refractivity contribution in [2.75, 3.05) is 25.9 Å². The molecule has 0 aliphatic carbocycles. The maximum Gasteiger partial charge on any atom is 0.350 e. The number of carbonyl (C=O) groups excluding carboxylic acids is 3. The molecular formula is C20H22N4O6. The van der Waals surface area contributed by atoms with E-state index in [2.05, 4.69) is 10.6 Å². The first-order valence-corrected chi connectivity index (χ1v) is 9.32. The van der Waals surface area contributed by atoms with E-state index in [9.17, 15) is 14.4 Å². The number of amides is 3. The fourth-order valence-corrected chi connectivity index (χ4v) is 2.68. The third-order valence-electron chi connectivity index (χ3n) is 4.19. The zero-order valence-corrected chi connectivity index (χ0v) is 16.7. The van der Waals surface area contributed by atoms with E-state index in [1.165, 1.54) is 13.3 Å². The van der Waals surface area contributed by atoms with Gasteiger partial charge in [-0.3, -0.25) is 19.9 Å². The molecule has 0 bridgehead atoms. The first-order chi connectivity index (χ1) is 14.5. The van der Waals surface area contributed by atoms with Gasteiger partial charge in [-0.2, -0.15) is 5.10 Å². The van der Waals surface area contributed by atoms with Crippen LogP contribution in [0.25, 0.3) is 11.3 Å². The van der Waals surface area contributed by atoms with Crippen LogP contribution in [0, 0.1) is 0 Å². The smallest absolute Gasteiger partial charge is 0.350 e. The number of hydrogen-bond acceptors (Lipinski definition) is 8. The van der Waals surface area contributed by atoms with Gasteiger partial charge in [0.25, 0.3) is 5.91 Å². The van der Waals surface area contributed by atoms with Crippen molar-refractivity contribution in [3.05, 3.63) is 42.2 Å². The van der Waals surface area contributed by atoms with Crippen molar-refractivity contribution in [1.82, 2.24) is 9.91 Å². The molecule has 2 heterocycles. The second-order valence-electron chi connectivity index (χ2n) is 6.39. The third-order valence-corrected chi connectivity index (χ3v) is 4.19. The van der Waals surface area contributed by atoms with E-state index < -0.39 is 24.6 Å². The number of ether oxygens (including phenoxy) is 1. The van der Waals surface area contributed by atoms with Gasteiger partial charge in [-0.15, -0.1) is 0 Å². The Kier molecular flexibility index (Phi) is 6.81. The number of urea groups is 1. The average molecular weight is 414 g/mol. The highest BCUT2D eigenvalue weighted by molar-refractivity contribution is 6.02. The van der Waals surface area contributed by atoms with Crippen LogP contribution in [0.15, 0.2) is 45.9 Å². The molecule has 158 valence electrons. The van der Waals surface area contributed by atoms with E-state index in [4.69, 9.17) is 14.0 Å². The molecule has 0 atom stereocenters. The van der Waals surface area contributed by atoms with Crippen molar-refractivity contribution in [3.8, 4) is 11.3 Å². The molecule has 10 nitrogen and oxygen atoms in total. The second-order valence-corrected chi connectivity index (χ2v) is 6.39. The number of hydrazone groups is 1. The van der Waals surface area contributed by atoms with Crippen molar-refractivity contribution in [1.29, 1.82) is 0 Å². The van der Waals surface area contributed by atoms with Crippen LogP contribution in [0.3, 0.4) is 0 Å². The van der Waals surface area contributed by atoms with E-state index in [-0.39, 0.29) is 13.0 Å². The van der Waals surface area contributed by atoms with Gasteiger partial charge in [-0.1, -0.05) is 6.92 Å². The van der Waals surface area contributed by atoms with Gasteiger partial charge in [0.1, 0.15) is 18.1 Å². The van der Waals surface area contributed by atoms with Crippen molar-refractivity contribution in [2.24, 2.45) is 5.10 Å². The van der Waals surface area contributed by atoms with Gasteiger partial charge in [0.2, 0.25) is 0 Å². The predicted molar refractivity (Wildman–Crippen MR) is 107 cm³/mol. The van der Waals surface area contributed by atoms with Gasteiger partial charge >= 0.3 is 12.0 Å². The zero-order valence-electron chi connectivity index (χ0n) is 16.7. The standard InChI is InChI=1S/C20H22N4O6/c1-3-4-19(26)29-13-23-18(25)12-24(20(23)27)21-11-16-9-10-17(30-16)14-5-7-15(8-6-14)22-28-2/h5-11,22H,3-4,12-13H2,1-2H3/b21-11+. The molecule has 30 heavy (non-hydrogen) atoms. The lowest BCUT2D eigenvalue weighted by Gasteiger charge is -2.13. The first kappa shape index (κ1) is 21.1. The van der Waals surface area contributed by atoms with Gasteiger partial charge in [-0.25, -0.2) is 14.7 Å².